The van der Waals surface area contributed by atoms with Gasteiger partial charge in [-0.3, -0.25) is 9.48 Å². The number of carbonyl (C=O) groups excluding carboxylic acids is 1. The Morgan fingerprint density at radius 2 is 2.11 bits per heavy atom. The van der Waals surface area contributed by atoms with Crippen LogP contribution in [0.5, 0.6) is 0 Å². The summed E-state index contributed by atoms with van der Waals surface area (Å²) >= 11 is 0. The van der Waals surface area contributed by atoms with Gasteiger partial charge in [-0.05, 0) is 12.1 Å². The van der Waals surface area contributed by atoms with Gasteiger partial charge in [0.2, 0.25) is 0 Å². The SMILES string of the molecule is Cn1cc(NC(=O)c2ccc(C(=O)O)nc2)cn1. The summed E-state index contributed by atoms with van der Waals surface area (Å²) in [6.45, 7) is 0. The monoisotopic (exact) mass is 246 g/mol. The van der Waals surface area contributed by atoms with Crippen LogP contribution in [-0.2, 0) is 7.05 Å². The van der Waals surface area contributed by atoms with E-state index in [9.17, 15) is 9.59 Å². The Balaban J connectivity index is 2.11. The minimum absolute atomic E-state index is 0.104. The van der Waals surface area contributed by atoms with Crippen LogP contribution in [0.25, 0.3) is 0 Å². The fourth-order valence-corrected chi connectivity index (χ4v) is 1.34. The molecule has 0 atom stereocenters. The highest BCUT2D eigenvalue weighted by molar-refractivity contribution is 6.04. The van der Waals surface area contributed by atoms with Crippen molar-refractivity contribution in [3.8, 4) is 0 Å². The van der Waals surface area contributed by atoms with Crippen molar-refractivity contribution < 1.29 is 14.7 Å². The molecule has 0 aromatic carbocycles. The molecule has 7 heteroatoms. The second kappa shape index (κ2) is 4.66. The predicted octanol–water partition coefficient (Wildman–Crippen LogP) is 0.766. The van der Waals surface area contributed by atoms with Crippen molar-refractivity contribution in [2.45, 2.75) is 0 Å². The number of nitrogens with one attached hydrogen (secondary N) is 1. The van der Waals surface area contributed by atoms with Crippen LogP contribution in [0.4, 0.5) is 5.69 Å². The first-order valence-electron chi connectivity index (χ1n) is 5.05. The van der Waals surface area contributed by atoms with Crippen LogP contribution in [0.3, 0.4) is 0 Å². The lowest BCUT2D eigenvalue weighted by molar-refractivity contribution is 0.0690. The number of carboxylic acids is 1. The molecule has 92 valence electrons. The molecule has 2 heterocycles. The minimum atomic E-state index is -1.13. The molecule has 0 aliphatic heterocycles. The normalized spacial score (nSPS) is 10.1. The third-order valence-corrected chi connectivity index (χ3v) is 2.21. The Labute approximate surface area is 102 Å². The van der Waals surface area contributed by atoms with E-state index in [2.05, 4.69) is 15.4 Å². The average molecular weight is 246 g/mol. The van der Waals surface area contributed by atoms with E-state index in [1.807, 2.05) is 0 Å². The maximum absolute atomic E-state index is 11.8. The van der Waals surface area contributed by atoms with E-state index < -0.39 is 5.97 Å². The first-order chi connectivity index (χ1) is 8.56. The Morgan fingerprint density at radius 3 is 2.61 bits per heavy atom. The fraction of sp³-hybridized carbons (Fsp3) is 0.0909. The molecule has 2 rings (SSSR count). The highest BCUT2D eigenvalue weighted by atomic mass is 16.4. The standard InChI is InChI=1S/C11H10N4O3/c1-15-6-8(5-13-15)14-10(16)7-2-3-9(11(17)18)12-4-7/h2-6H,1H3,(H,14,16)(H,17,18). The van der Waals surface area contributed by atoms with Gasteiger partial charge < -0.3 is 10.4 Å². The van der Waals surface area contributed by atoms with Crippen LogP contribution in [0.2, 0.25) is 0 Å². The Bertz CT molecular complexity index is 589. The van der Waals surface area contributed by atoms with Gasteiger partial charge in [-0.25, -0.2) is 9.78 Å². The molecule has 1 amide bonds. The maximum Gasteiger partial charge on any atom is 0.354 e. The topological polar surface area (TPSA) is 97.1 Å². The van der Waals surface area contributed by atoms with Crippen LogP contribution < -0.4 is 5.32 Å². The molecule has 2 aromatic heterocycles. The largest absolute Gasteiger partial charge is 0.477 e. The molecule has 0 spiro atoms. The number of nitrogens with zero attached hydrogens (tertiary/aromatic N) is 3. The number of hydrogen-bond donors (Lipinski definition) is 2. The van der Waals surface area contributed by atoms with Crippen molar-refractivity contribution in [1.29, 1.82) is 0 Å². The molecule has 0 unspecified atom stereocenters. The lowest BCUT2D eigenvalue weighted by Gasteiger charge is -2.02. The smallest absolute Gasteiger partial charge is 0.354 e. The van der Waals surface area contributed by atoms with Crippen LogP contribution >= 0.6 is 0 Å². The number of amides is 1. The van der Waals surface area contributed by atoms with E-state index in [-0.39, 0.29) is 17.2 Å². The molecular weight excluding hydrogens is 236 g/mol. The minimum Gasteiger partial charge on any atom is -0.477 e. The van der Waals surface area contributed by atoms with Gasteiger partial charge >= 0.3 is 5.97 Å². The number of hydrogen-bond acceptors (Lipinski definition) is 4. The zero-order valence-electron chi connectivity index (χ0n) is 9.49. The van der Waals surface area contributed by atoms with Gasteiger partial charge in [0.1, 0.15) is 5.69 Å². The third-order valence-electron chi connectivity index (χ3n) is 2.21. The fourth-order valence-electron chi connectivity index (χ4n) is 1.34. The molecule has 0 aliphatic carbocycles. The summed E-state index contributed by atoms with van der Waals surface area (Å²) < 4.78 is 1.56. The maximum atomic E-state index is 11.8. The molecule has 0 bridgehead atoms. The van der Waals surface area contributed by atoms with E-state index in [1.54, 1.807) is 17.9 Å². The first-order valence-corrected chi connectivity index (χ1v) is 5.05. The summed E-state index contributed by atoms with van der Waals surface area (Å²) in [7, 11) is 1.73. The number of aromatic nitrogens is 3. The molecule has 18 heavy (non-hydrogen) atoms. The van der Waals surface area contributed by atoms with Crippen molar-refractivity contribution >= 4 is 17.6 Å². The number of aromatic carboxylic acids is 1. The Morgan fingerprint density at radius 1 is 1.33 bits per heavy atom. The van der Waals surface area contributed by atoms with Gasteiger partial charge in [0.25, 0.3) is 5.91 Å². The number of carbonyl (C=O) groups is 2. The van der Waals surface area contributed by atoms with Gasteiger partial charge in [-0.2, -0.15) is 5.10 Å². The molecule has 0 saturated carbocycles. The third kappa shape index (κ3) is 2.51. The van der Waals surface area contributed by atoms with Crippen molar-refractivity contribution in [3.63, 3.8) is 0 Å². The average Bonchev–Trinajstić information content (AvgIpc) is 2.75. The Kier molecular flexibility index (Phi) is 3.05. The van der Waals surface area contributed by atoms with Gasteiger partial charge in [-0.15, -0.1) is 0 Å². The van der Waals surface area contributed by atoms with Gasteiger partial charge in [0.05, 0.1) is 17.4 Å². The van der Waals surface area contributed by atoms with E-state index in [4.69, 9.17) is 5.11 Å². The van der Waals surface area contributed by atoms with Gasteiger partial charge in [0, 0.05) is 19.4 Å². The lowest BCUT2D eigenvalue weighted by atomic mass is 10.2. The first kappa shape index (κ1) is 11.8. The highest BCUT2D eigenvalue weighted by Crippen LogP contribution is 2.07. The number of carboxylic acid groups (broad SMARTS) is 1. The highest BCUT2D eigenvalue weighted by Gasteiger charge is 2.09. The molecule has 0 radical (unpaired) electrons. The molecule has 2 N–H and O–H groups in total. The van der Waals surface area contributed by atoms with E-state index in [0.29, 0.717) is 5.69 Å². The number of anilines is 1. The number of rotatable bonds is 3. The quantitative estimate of drug-likeness (QED) is 0.833. The van der Waals surface area contributed by atoms with Crippen LogP contribution in [-0.4, -0.2) is 31.7 Å². The van der Waals surface area contributed by atoms with Crippen molar-refractivity contribution in [2.75, 3.05) is 5.32 Å². The van der Waals surface area contributed by atoms with E-state index in [1.165, 1.54) is 24.5 Å². The Hall–Kier alpha value is -2.70. The molecule has 0 fully saturated rings. The zero-order chi connectivity index (χ0) is 13.1. The van der Waals surface area contributed by atoms with Gasteiger partial charge in [0.15, 0.2) is 0 Å². The summed E-state index contributed by atoms with van der Waals surface area (Å²) in [6, 6.07) is 2.68. The van der Waals surface area contributed by atoms with Crippen molar-refractivity contribution in [3.05, 3.63) is 42.0 Å². The van der Waals surface area contributed by atoms with Crippen LogP contribution in [0, 0.1) is 0 Å². The van der Waals surface area contributed by atoms with Crippen molar-refractivity contribution in [1.82, 2.24) is 14.8 Å². The second-order valence-corrected chi connectivity index (χ2v) is 3.59. The zero-order valence-corrected chi connectivity index (χ0v) is 9.49. The molecule has 2 aromatic rings. The summed E-state index contributed by atoms with van der Waals surface area (Å²) in [5.74, 6) is -1.50. The molecule has 7 nitrogen and oxygen atoms in total. The summed E-state index contributed by atoms with van der Waals surface area (Å²) in [5.41, 5.74) is 0.738. The molecule has 0 saturated heterocycles. The molecular formula is C11H10N4O3. The summed E-state index contributed by atoms with van der Waals surface area (Å²) in [4.78, 5) is 26.0. The predicted molar refractivity (Wildman–Crippen MR) is 62.4 cm³/mol. The van der Waals surface area contributed by atoms with Gasteiger partial charge in [-0.1, -0.05) is 0 Å². The second-order valence-electron chi connectivity index (χ2n) is 3.59. The summed E-state index contributed by atoms with van der Waals surface area (Å²) in [6.07, 6.45) is 4.38. The summed E-state index contributed by atoms with van der Waals surface area (Å²) in [5, 5.41) is 15.2. The lowest BCUT2D eigenvalue weighted by Crippen LogP contribution is -2.12. The number of pyridine rings is 1. The van der Waals surface area contributed by atoms with Crippen LogP contribution in [0.15, 0.2) is 30.7 Å². The molecule has 0 aliphatic rings. The van der Waals surface area contributed by atoms with Crippen LogP contribution in [0.1, 0.15) is 20.8 Å². The van der Waals surface area contributed by atoms with Crippen molar-refractivity contribution in [2.24, 2.45) is 7.05 Å². The van der Waals surface area contributed by atoms with E-state index in [0.717, 1.165) is 0 Å². The van der Waals surface area contributed by atoms with E-state index >= 15 is 0 Å². The number of aryl methyl sites for hydroxylation is 1.